The topological polar surface area (TPSA) is 51.8 Å². The average Bonchev–Trinajstić information content (AvgIpc) is 2.31. The van der Waals surface area contributed by atoms with Gasteiger partial charge < -0.3 is 5.73 Å². The normalized spacial score (nSPS) is 17.9. The first kappa shape index (κ1) is 10.9. The van der Waals surface area contributed by atoms with Crippen LogP contribution in [0.2, 0.25) is 0 Å². The molecule has 2 rings (SSSR count). The van der Waals surface area contributed by atoms with Gasteiger partial charge in [0.2, 0.25) is 0 Å². The number of rotatable bonds is 3. The van der Waals surface area contributed by atoms with Gasteiger partial charge >= 0.3 is 0 Å². The molecule has 1 heterocycles. The van der Waals surface area contributed by atoms with E-state index < -0.39 is 0 Å². The Bertz CT molecular complexity index is 293. The lowest BCUT2D eigenvalue weighted by molar-refractivity contribution is 0.515. The molecule has 1 aliphatic rings. The third kappa shape index (κ3) is 3.18. The predicted octanol–water partition coefficient (Wildman–Crippen LogP) is 2.36. The second-order valence-corrected chi connectivity index (χ2v) is 5.25. The van der Waals surface area contributed by atoms with Gasteiger partial charge in [-0.1, -0.05) is 19.3 Å². The van der Waals surface area contributed by atoms with Crippen LogP contribution in [0, 0.1) is 0 Å². The van der Waals surface area contributed by atoms with Gasteiger partial charge in [0, 0.05) is 11.8 Å². The largest absolute Gasteiger partial charge is 0.325 e. The van der Waals surface area contributed by atoms with Crippen LogP contribution in [0.3, 0.4) is 0 Å². The first-order valence-electron chi connectivity index (χ1n) is 5.56. The van der Waals surface area contributed by atoms with E-state index >= 15 is 0 Å². The first-order chi connectivity index (χ1) is 7.38. The SMILES string of the molecule is NCc1cnc(SC2CCCCC2)cn1. The number of hydrogen-bond acceptors (Lipinski definition) is 4. The Kier molecular flexibility index (Phi) is 3.97. The van der Waals surface area contributed by atoms with Crippen molar-refractivity contribution in [3.05, 3.63) is 18.1 Å². The van der Waals surface area contributed by atoms with Crippen LogP contribution < -0.4 is 5.73 Å². The molecule has 0 unspecified atom stereocenters. The first-order valence-corrected chi connectivity index (χ1v) is 6.44. The van der Waals surface area contributed by atoms with Crippen LogP contribution in [0.4, 0.5) is 0 Å². The summed E-state index contributed by atoms with van der Waals surface area (Å²) in [5, 5.41) is 1.79. The Labute approximate surface area is 94.9 Å². The van der Waals surface area contributed by atoms with Crippen molar-refractivity contribution in [1.82, 2.24) is 9.97 Å². The maximum Gasteiger partial charge on any atom is 0.115 e. The van der Waals surface area contributed by atoms with Gasteiger partial charge in [-0.3, -0.25) is 4.98 Å². The van der Waals surface area contributed by atoms with Crippen molar-refractivity contribution in [2.24, 2.45) is 5.73 Å². The van der Waals surface area contributed by atoms with E-state index in [2.05, 4.69) is 9.97 Å². The molecule has 0 spiro atoms. The van der Waals surface area contributed by atoms with Crippen LogP contribution >= 0.6 is 11.8 Å². The van der Waals surface area contributed by atoms with Gasteiger partial charge in [-0.25, -0.2) is 4.98 Å². The van der Waals surface area contributed by atoms with Crippen LogP contribution in [0.5, 0.6) is 0 Å². The van der Waals surface area contributed by atoms with Crippen molar-refractivity contribution in [2.75, 3.05) is 0 Å². The smallest absolute Gasteiger partial charge is 0.115 e. The summed E-state index contributed by atoms with van der Waals surface area (Å²) < 4.78 is 0. The molecule has 0 aliphatic heterocycles. The second-order valence-electron chi connectivity index (χ2n) is 3.93. The van der Waals surface area contributed by atoms with Crippen LogP contribution in [-0.4, -0.2) is 15.2 Å². The van der Waals surface area contributed by atoms with Crippen LogP contribution in [-0.2, 0) is 6.54 Å². The fraction of sp³-hybridized carbons (Fsp3) is 0.636. The average molecular weight is 223 g/mol. The van der Waals surface area contributed by atoms with Crippen molar-refractivity contribution < 1.29 is 0 Å². The maximum absolute atomic E-state index is 5.47. The van der Waals surface area contributed by atoms with Gasteiger partial charge in [0.15, 0.2) is 0 Å². The molecule has 82 valence electrons. The zero-order valence-corrected chi connectivity index (χ0v) is 9.67. The Morgan fingerprint density at radius 3 is 2.60 bits per heavy atom. The minimum atomic E-state index is 0.474. The highest BCUT2D eigenvalue weighted by Crippen LogP contribution is 2.32. The lowest BCUT2D eigenvalue weighted by Gasteiger charge is -2.20. The highest BCUT2D eigenvalue weighted by atomic mass is 32.2. The van der Waals surface area contributed by atoms with Crippen molar-refractivity contribution >= 4 is 11.8 Å². The van der Waals surface area contributed by atoms with Gasteiger partial charge in [0.25, 0.3) is 0 Å². The van der Waals surface area contributed by atoms with Gasteiger partial charge in [-0.2, -0.15) is 0 Å². The van der Waals surface area contributed by atoms with E-state index in [0.717, 1.165) is 16.0 Å². The summed E-state index contributed by atoms with van der Waals surface area (Å²) in [5.41, 5.74) is 6.34. The molecule has 3 nitrogen and oxygen atoms in total. The summed E-state index contributed by atoms with van der Waals surface area (Å²) in [5.74, 6) is 0. The van der Waals surface area contributed by atoms with E-state index in [0.29, 0.717) is 6.54 Å². The van der Waals surface area contributed by atoms with Crippen molar-refractivity contribution in [3.63, 3.8) is 0 Å². The number of hydrogen-bond donors (Lipinski definition) is 1. The molecule has 0 aromatic carbocycles. The van der Waals surface area contributed by atoms with E-state index in [1.807, 2.05) is 18.0 Å². The highest BCUT2D eigenvalue weighted by molar-refractivity contribution is 7.99. The molecular formula is C11H17N3S. The van der Waals surface area contributed by atoms with Crippen LogP contribution in [0.1, 0.15) is 37.8 Å². The van der Waals surface area contributed by atoms with E-state index in [1.165, 1.54) is 32.1 Å². The van der Waals surface area contributed by atoms with Gasteiger partial charge in [-0.05, 0) is 12.8 Å². The van der Waals surface area contributed by atoms with Crippen LogP contribution in [0.15, 0.2) is 17.4 Å². The Hall–Kier alpha value is -0.610. The third-order valence-electron chi connectivity index (χ3n) is 2.73. The summed E-state index contributed by atoms with van der Waals surface area (Å²) in [4.78, 5) is 8.62. The van der Waals surface area contributed by atoms with Crippen molar-refractivity contribution in [2.45, 2.75) is 48.9 Å². The second kappa shape index (κ2) is 5.47. The lowest BCUT2D eigenvalue weighted by Crippen LogP contribution is -2.08. The number of nitrogens with two attached hydrogens (primary N) is 1. The van der Waals surface area contributed by atoms with E-state index in [1.54, 1.807) is 6.20 Å². The van der Waals surface area contributed by atoms with Gasteiger partial charge in [0.05, 0.1) is 18.1 Å². The maximum atomic E-state index is 5.47. The molecule has 1 aromatic rings. The number of thioether (sulfide) groups is 1. The molecular weight excluding hydrogens is 206 g/mol. The summed E-state index contributed by atoms with van der Waals surface area (Å²) in [6.07, 6.45) is 10.4. The summed E-state index contributed by atoms with van der Waals surface area (Å²) in [6, 6.07) is 0. The molecule has 0 amide bonds. The quantitative estimate of drug-likeness (QED) is 0.854. The monoisotopic (exact) mass is 223 g/mol. The third-order valence-corrected chi connectivity index (χ3v) is 3.99. The number of nitrogens with zero attached hydrogens (tertiary/aromatic N) is 2. The highest BCUT2D eigenvalue weighted by Gasteiger charge is 2.15. The summed E-state index contributed by atoms with van der Waals surface area (Å²) in [7, 11) is 0. The minimum absolute atomic E-state index is 0.474. The van der Waals surface area contributed by atoms with Gasteiger partial charge in [-0.15, -0.1) is 11.8 Å². The Balaban J connectivity index is 1.91. The van der Waals surface area contributed by atoms with Crippen LogP contribution in [0.25, 0.3) is 0 Å². The predicted molar refractivity (Wildman–Crippen MR) is 62.7 cm³/mol. The summed E-state index contributed by atoms with van der Waals surface area (Å²) >= 11 is 1.87. The van der Waals surface area contributed by atoms with E-state index in [9.17, 15) is 0 Å². The molecule has 0 saturated heterocycles. The van der Waals surface area contributed by atoms with Gasteiger partial charge in [0.1, 0.15) is 5.03 Å². The molecule has 0 radical (unpaired) electrons. The molecule has 15 heavy (non-hydrogen) atoms. The molecule has 2 N–H and O–H groups in total. The minimum Gasteiger partial charge on any atom is -0.325 e. The van der Waals surface area contributed by atoms with Crippen molar-refractivity contribution in [3.8, 4) is 0 Å². The molecule has 1 aliphatic carbocycles. The molecule has 0 atom stereocenters. The molecule has 4 heteroatoms. The molecule has 0 bridgehead atoms. The Morgan fingerprint density at radius 2 is 2.00 bits per heavy atom. The summed E-state index contributed by atoms with van der Waals surface area (Å²) in [6.45, 7) is 0.474. The fourth-order valence-electron chi connectivity index (χ4n) is 1.86. The number of aromatic nitrogens is 2. The zero-order chi connectivity index (χ0) is 10.5. The Morgan fingerprint density at radius 1 is 1.20 bits per heavy atom. The van der Waals surface area contributed by atoms with Crippen molar-refractivity contribution in [1.29, 1.82) is 0 Å². The lowest BCUT2D eigenvalue weighted by atomic mass is 10.0. The zero-order valence-electron chi connectivity index (χ0n) is 8.85. The standard InChI is InChI=1S/C11H17N3S/c12-6-9-7-14-11(8-13-9)15-10-4-2-1-3-5-10/h7-8,10H,1-6,12H2. The van der Waals surface area contributed by atoms with E-state index in [4.69, 9.17) is 5.73 Å². The van der Waals surface area contributed by atoms with E-state index in [-0.39, 0.29) is 0 Å². The fourth-order valence-corrected chi connectivity index (χ4v) is 3.00. The molecule has 1 saturated carbocycles. The molecule has 1 aromatic heterocycles. The molecule has 1 fully saturated rings.